The SMILES string of the molecule is CCCNC(COC)CN(CC)CC1CCC1. The van der Waals surface area contributed by atoms with Gasteiger partial charge in [0.2, 0.25) is 0 Å². The van der Waals surface area contributed by atoms with Crippen molar-refractivity contribution >= 4 is 0 Å². The molecule has 1 saturated carbocycles. The van der Waals surface area contributed by atoms with Gasteiger partial charge in [0.25, 0.3) is 0 Å². The predicted molar refractivity (Wildman–Crippen MR) is 73.4 cm³/mol. The molecule has 0 amide bonds. The molecule has 1 aliphatic rings. The largest absolute Gasteiger partial charge is 0.383 e. The van der Waals surface area contributed by atoms with E-state index in [-0.39, 0.29) is 0 Å². The molecule has 1 rings (SSSR count). The van der Waals surface area contributed by atoms with E-state index in [1.54, 1.807) is 7.11 Å². The zero-order chi connectivity index (χ0) is 12.5. The zero-order valence-corrected chi connectivity index (χ0v) is 11.9. The molecule has 0 aromatic carbocycles. The van der Waals surface area contributed by atoms with E-state index in [0.29, 0.717) is 6.04 Å². The molecular formula is C14H30N2O. The highest BCUT2D eigenvalue weighted by molar-refractivity contribution is 4.77. The van der Waals surface area contributed by atoms with Gasteiger partial charge in [0.1, 0.15) is 0 Å². The zero-order valence-electron chi connectivity index (χ0n) is 11.9. The van der Waals surface area contributed by atoms with Crippen LogP contribution in [0.1, 0.15) is 39.5 Å². The first-order valence-corrected chi connectivity index (χ1v) is 7.24. The summed E-state index contributed by atoms with van der Waals surface area (Å²) in [4.78, 5) is 2.58. The summed E-state index contributed by atoms with van der Waals surface area (Å²) in [6.07, 6.45) is 5.51. The minimum absolute atomic E-state index is 0.486. The van der Waals surface area contributed by atoms with E-state index < -0.39 is 0 Å². The molecule has 0 bridgehead atoms. The number of hydrogen-bond acceptors (Lipinski definition) is 3. The summed E-state index contributed by atoms with van der Waals surface area (Å²) < 4.78 is 5.30. The summed E-state index contributed by atoms with van der Waals surface area (Å²) in [5, 5.41) is 3.58. The third-order valence-corrected chi connectivity index (χ3v) is 3.72. The predicted octanol–water partition coefficient (Wildman–Crippen LogP) is 2.12. The number of rotatable bonds is 10. The summed E-state index contributed by atoms with van der Waals surface area (Å²) in [5.74, 6) is 0.962. The highest BCUT2D eigenvalue weighted by Gasteiger charge is 2.21. The van der Waals surface area contributed by atoms with Crippen LogP contribution in [0.5, 0.6) is 0 Å². The highest BCUT2D eigenvalue weighted by Crippen LogP contribution is 2.26. The van der Waals surface area contributed by atoms with E-state index in [1.165, 1.54) is 32.2 Å². The fourth-order valence-electron chi connectivity index (χ4n) is 2.41. The number of hydrogen-bond donors (Lipinski definition) is 1. The average molecular weight is 242 g/mol. The second kappa shape index (κ2) is 8.90. The third-order valence-electron chi connectivity index (χ3n) is 3.72. The van der Waals surface area contributed by atoms with E-state index in [2.05, 4.69) is 24.1 Å². The van der Waals surface area contributed by atoms with E-state index in [0.717, 1.165) is 32.2 Å². The minimum atomic E-state index is 0.486. The Morgan fingerprint density at radius 1 is 1.35 bits per heavy atom. The van der Waals surface area contributed by atoms with Gasteiger partial charge in [0, 0.05) is 26.2 Å². The van der Waals surface area contributed by atoms with Crippen LogP contribution in [0.3, 0.4) is 0 Å². The van der Waals surface area contributed by atoms with Gasteiger partial charge in [0.05, 0.1) is 6.61 Å². The molecule has 1 fully saturated rings. The van der Waals surface area contributed by atoms with E-state index in [1.807, 2.05) is 0 Å². The molecular weight excluding hydrogens is 212 g/mol. The van der Waals surface area contributed by atoms with Gasteiger partial charge >= 0.3 is 0 Å². The maximum absolute atomic E-state index is 5.30. The standard InChI is InChI=1S/C14H30N2O/c1-4-9-15-14(12-17-3)11-16(5-2)10-13-7-6-8-13/h13-15H,4-12H2,1-3H3. The molecule has 0 radical (unpaired) electrons. The van der Waals surface area contributed by atoms with Crippen LogP contribution >= 0.6 is 0 Å². The molecule has 102 valence electrons. The van der Waals surface area contributed by atoms with Crippen molar-refractivity contribution in [3.05, 3.63) is 0 Å². The molecule has 0 spiro atoms. The lowest BCUT2D eigenvalue weighted by Gasteiger charge is -2.34. The van der Waals surface area contributed by atoms with Gasteiger partial charge in [0.15, 0.2) is 0 Å². The summed E-state index contributed by atoms with van der Waals surface area (Å²) in [6.45, 7) is 9.96. The van der Waals surface area contributed by atoms with Crippen LogP contribution in [0.2, 0.25) is 0 Å². The van der Waals surface area contributed by atoms with Crippen molar-refractivity contribution in [2.45, 2.75) is 45.6 Å². The molecule has 3 heteroatoms. The smallest absolute Gasteiger partial charge is 0.0628 e. The van der Waals surface area contributed by atoms with Crippen LogP contribution in [-0.4, -0.2) is 50.8 Å². The van der Waals surface area contributed by atoms with Crippen molar-refractivity contribution in [2.24, 2.45) is 5.92 Å². The first-order valence-electron chi connectivity index (χ1n) is 7.24. The Labute approximate surface area is 107 Å². The van der Waals surface area contributed by atoms with Gasteiger partial charge in [-0.1, -0.05) is 20.3 Å². The Kier molecular flexibility index (Phi) is 7.82. The van der Waals surface area contributed by atoms with Crippen molar-refractivity contribution in [1.82, 2.24) is 10.2 Å². The number of nitrogens with one attached hydrogen (secondary N) is 1. The number of nitrogens with zero attached hydrogens (tertiary/aromatic N) is 1. The van der Waals surface area contributed by atoms with Crippen LogP contribution in [0.15, 0.2) is 0 Å². The van der Waals surface area contributed by atoms with Gasteiger partial charge in [-0.15, -0.1) is 0 Å². The van der Waals surface area contributed by atoms with E-state index in [4.69, 9.17) is 4.74 Å². The van der Waals surface area contributed by atoms with Crippen LogP contribution in [0.4, 0.5) is 0 Å². The third kappa shape index (κ3) is 5.84. The van der Waals surface area contributed by atoms with Crippen molar-refractivity contribution in [3.8, 4) is 0 Å². The molecule has 0 heterocycles. The summed E-state index contributed by atoms with van der Waals surface area (Å²) >= 11 is 0. The lowest BCUT2D eigenvalue weighted by atomic mass is 9.85. The molecule has 1 unspecified atom stereocenters. The second-order valence-electron chi connectivity index (χ2n) is 5.26. The maximum atomic E-state index is 5.30. The van der Waals surface area contributed by atoms with Crippen LogP contribution in [0, 0.1) is 5.92 Å². The molecule has 17 heavy (non-hydrogen) atoms. The molecule has 1 aliphatic carbocycles. The normalized spacial score (nSPS) is 18.4. The first-order chi connectivity index (χ1) is 8.30. The summed E-state index contributed by atoms with van der Waals surface area (Å²) in [5.41, 5.74) is 0. The van der Waals surface area contributed by atoms with Gasteiger partial charge in [-0.25, -0.2) is 0 Å². The Hall–Kier alpha value is -0.120. The lowest BCUT2D eigenvalue weighted by molar-refractivity contribution is 0.121. The van der Waals surface area contributed by atoms with Gasteiger partial charge in [-0.2, -0.15) is 0 Å². The Balaban J connectivity index is 2.26. The van der Waals surface area contributed by atoms with Crippen molar-refractivity contribution < 1.29 is 4.74 Å². The van der Waals surface area contributed by atoms with Crippen LogP contribution in [0.25, 0.3) is 0 Å². The second-order valence-corrected chi connectivity index (χ2v) is 5.26. The molecule has 1 atom stereocenters. The van der Waals surface area contributed by atoms with Gasteiger partial charge in [-0.05, 0) is 38.3 Å². The lowest BCUT2D eigenvalue weighted by Crippen LogP contribution is -2.46. The monoisotopic (exact) mass is 242 g/mol. The minimum Gasteiger partial charge on any atom is -0.383 e. The van der Waals surface area contributed by atoms with Crippen molar-refractivity contribution in [3.63, 3.8) is 0 Å². The molecule has 1 N–H and O–H groups in total. The number of likely N-dealkylation sites (N-methyl/N-ethyl adjacent to an activating group) is 1. The first kappa shape index (κ1) is 14.9. The van der Waals surface area contributed by atoms with Gasteiger partial charge < -0.3 is 15.0 Å². The molecule has 0 saturated heterocycles. The molecule has 0 aromatic rings. The van der Waals surface area contributed by atoms with Gasteiger partial charge in [-0.3, -0.25) is 0 Å². The van der Waals surface area contributed by atoms with Crippen molar-refractivity contribution in [2.75, 3.05) is 39.9 Å². The fourth-order valence-corrected chi connectivity index (χ4v) is 2.41. The highest BCUT2D eigenvalue weighted by atomic mass is 16.5. The van der Waals surface area contributed by atoms with E-state index in [9.17, 15) is 0 Å². The van der Waals surface area contributed by atoms with Crippen LogP contribution < -0.4 is 5.32 Å². The Morgan fingerprint density at radius 2 is 2.12 bits per heavy atom. The van der Waals surface area contributed by atoms with Crippen molar-refractivity contribution in [1.29, 1.82) is 0 Å². The molecule has 0 aliphatic heterocycles. The molecule has 3 nitrogen and oxygen atoms in total. The molecule has 0 aromatic heterocycles. The Bertz CT molecular complexity index is 183. The Morgan fingerprint density at radius 3 is 2.59 bits per heavy atom. The van der Waals surface area contributed by atoms with Crippen LogP contribution in [-0.2, 0) is 4.74 Å². The summed E-state index contributed by atoms with van der Waals surface area (Å²) in [7, 11) is 1.79. The quantitative estimate of drug-likeness (QED) is 0.635. The average Bonchev–Trinajstić information content (AvgIpc) is 2.28. The number of ether oxygens (including phenoxy) is 1. The maximum Gasteiger partial charge on any atom is 0.0628 e. The number of methoxy groups -OCH3 is 1. The fraction of sp³-hybridized carbons (Fsp3) is 1.00. The van der Waals surface area contributed by atoms with E-state index >= 15 is 0 Å². The summed E-state index contributed by atoms with van der Waals surface area (Å²) in [6, 6.07) is 0.486. The topological polar surface area (TPSA) is 24.5 Å².